The normalized spacial score (nSPS) is 15.8. The predicted octanol–water partition coefficient (Wildman–Crippen LogP) is 1.72. The maximum absolute atomic E-state index is 12.7. The van der Waals surface area contributed by atoms with Gasteiger partial charge in [-0.1, -0.05) is 12.1 Å². The molecule has 126 valence electrons. The van der Waals surface area contributed by atoms with Gasteiger partial charge in [-0.3, -0.25) is 10.1 Å². The third-order valence-electron chi connectivity index (χ3n) is 4.21. The van der Waals surface area contributed by atoms with Gasteiger partial charge in [-0.2, -0.15) is 0 Å². The Kier molecular flexibility index (Phi) is 5.05. The zero-order valence-electron chi connectivity index (χ0n) is 14.0. The van der Waals surface area contributed by atoms with Crippen molar-refractivity contribution in [1.82, 2.24) is 20.2 Å². The largest absolute Gasteiger partial charge is 0.494 e. The first-order valence-corrected chi connectivity index (χ1v) is 8.18. The number of nitrogens with zero attached hydrogens (tertiary/aromatic N) is 3. The van der Waals surface area contributed by atoms with Crippen LogP contribution in [0.1, 0.15) is 29.8 Å². The van der Waals surface area contributed by atoms with Gasteiger partial charge in [0, 0.05) is 31.9 Å². The van der Waals surface area contributed by atoms with Gasteiger partial charge in [0.25, 0.3) is 0 Å². The highest BCUT2D eigenvalue weighted by Crippen LogP contribution is 2.24. The Bertz CT molecular complexity index is 702. The van der Waals surface area contributed by atoms with Crippen LogP contribution < -0.4 is 10.1 Å². The molecule has 0 fully saturated rings. The van der Waals surface area contributed by atoms with Crippen LogP contribution in [0, 0.1) is 0 Å². The number of nitrogens with one attached hydrogen (secondary N) is 1. The minimum atomic E-state index is -0.341. The number of ether oxygens (including phenoxy) is 1. The van der Waals surface area contributed by atoms with E-state index in [0.29, 0.717) is 19.7 Å². The molecule has 2 aromatic rings. The van der Waals surface area contributed by atoms with E-state index < -0.39 is 0 Å². The molecule has 1 N–H and O–H groups in total. The van der Waals surface area contributed by atoms with Crippen LogP contribution in [0.5, 0.6) is 5.75 Å². The van der Waals surface area contributed by atoms with Crippen molar-refractivity contribution in [3.63, 3.8) is 0 Å². The molecule has 0 bridgehead atoms. The van der Waals surface area contributed by atoms with Crippen molar-refractivity contribution >= 4 is 5.91 Å². The van der Waals surface area contributed by atoms with Crippen molar-refractivity contribution in [2.45, 2.75) is 25.9 Å². The summed E-state index contributed by atoms with van der Waals surface area (Å²) in [5.41, 5.74) is 2.97. The number of likely N-dealkylation sites (N-methyl/N-ethyl adjacent to an activating group) is 1. The lowest BCUT2D eigenvalue weighted by molar-refractivity contribution is -0.132. The van der Waals surface area contributed by atoms with E-state index in [1.165, 1.54) is 11.9 Å². The van der Waals surface area contributed by atoms with Gasteiger partial charge >= 0.3 is 0 Å². The van der Waals surface area contributed by atoms with Crippen molar-refractivity contribution in [1.29, 1.82) is 0 Å². The quantitative estimate of drug-likeness (QED) is 0.875. The summed E-state index contributed by atoms with van der Waals surface area (Å²) >= 11 is 0. The molecule has 1 aromatic carbocycles. The Labute approximate surface area is 141 Å². The predicted molar refractivity (Wildman–Crippen MR) is 90.6 cm³/mol. The van der Waals surface area contributed by atoms with Crippen LogP contribution >= 0.6 is 0 Å². The Hall–Kier alpha value is -2.47. The third-order valence-corrected chi connectivity index (χ3v) is 4.21. The van der Waals surface area contributed by atoms with Crippen LogP contribution in [0.3, 0.4) is 0 Å². The molecule has 2 heterocycles. The summed E-state index contributed by atoms with van der Waals surface area (Å²) in [5.74, 6) is 0.923. The van der Waals surface area contributed by atoms with E-state index in [1.54, 1.807) is 11.1 Å². The molecule has 6 nitrogen and oxygen atoms in total. The highest BCUT2D eigenvalue weighted by molar-refractivity contribution is 5.84. The summed E-state index contributed by atoms with van der Waals surface area (Å²) in [5, 5.41) is 3.21. The number of fused-ring (bicyclic) bond motifs is 1. The van der Waals surface area contributed by atoms with Crippen molar-refractivity contribution < 1.29 is 9.53 Å². The van der Waals surface area contributed by atoms with E-state index >= 15 is 0 Å². The van der Waals surface area contributed by atoms with E-state index in [-0.39, 0.29) is 11.9 Å². The SMILES string of the molecule is CCOc1ccc(CCN(C)C(=O)C2NCc3ncncc32)cc1. The lowest BCUT2D eigenvalue weighted by Crippen LogP contribution is -2.37. The molecule has 0 radical (unpaired) electrons. The van der Waals surface area contributed by atoms with Crippen LogP contribution in [0.2, 0.25) is 0 Å². The first-order chi connectivity index (χ1) is 11.7. The molecular formula is C18H22N4O2. The molecule has 1 atom stereocenters. The van der Waals surface area contributed by atoms with Crippen LogP contribution in [-0.4, -0.2) is 41.0 Å². The van der Waals surface area contributed by atoms with E-state index in [2.05, 4.69) is 15.3 Å². The van der Waals surface area contributed by atoms with Crippen LogP contribution in [0.25, 0.3) is 0 Å². The maximum Gasteiger partial charge on any atom is 0.244 e. The van der Waals surface area contributed by atoms with E-state index in [4.69, 9.17) is 4.74 Å². The van der Waals surface area contributed by atoms with Crippen molar-refractivity contribution in [3.05, 3.63) is 53.6 Å². The Morgan fingerprint density at radius 2 is 2.17 bits per heavy atom. The molecule has 3 rings (SSSR count). The number of amides is 1. The molecule has 1 aliphatic rings. The average molecular weight is 326 g/mol. The van der Waals surface area contributed by atoms with Gasteiger partial charge in [0.1, 0.15) is 18.1 Å². The van der Waals surface area contributed by atoms with Gasteiger partial charge in [0.2, 0.25) is 5.91 Å². The molecule has 0 spiro atoms. The lowest BCUT2D eigenvalue weighted by atomic mass is 10.1. The third kappa shape index (κ3) is 3.54. The monoisotopic (exact) mass is 326 g/mol. The number of benzene rings is 1. The molecule has 0 saturated carbocycles. The molecule has 6 heteroatoms. The molecule has 1 aliphatic heterocycles. The number of carbonyl (C=O) groups is 1. The van der Waals surface area contributed by atoms with Gasteiger partial charge in [-0.25, -0.2) is 9.97 Å². The summed E-state index contributed by atoms with van der Waals surface area (Å²) in [7, 11) is 1.83. The second-order valence-electron chi connectivity index (χ2n) is 5.83. The Morgan fingerprint density at radius 1 is 1.38 bits per heavy atom. The average Bonchev–Trinajstić information content (AvgIpc) is 3.04. The van der Waals surface area contributed by atoms with Crippen LogP contribution in [0.15, 0.2) is 36.8 Å². The Morgan fingerprint density at radius 3 is 2.92 bits per heavy atom. The van der Waals surface area contributed by atoms with Gasteiger partial charge in [0.05, 0.1) is 12.3 Å². The number of hydrogen-bond donors (Lipinski definition) is 1. The minimum Gasteiger partial charge on any atom is -0.494 e. The second-order valence-corrected chi connectivity index (χ2v) is 5.83. The molecular weight excluding hydrogens is 304 g/mol. The van der Waals surface area contributed by atoms with E-state index in [9.17, 15) is 4.79 Å². The van der Waals surface area contributed by atoms with Crippen molar-refractivity contribution in [2.24, 2.45) is 0 Å². The first kappa shape index (κ1) is 16.4. The van der Waals surface area contributed by atoms with Crippen LogP contribution in [-0.2, 0) is 17.8 Å². The van der Waals surface area contributed by atoms with Crippen molar-refractivity contribution in [2.75, 3.05) is 20.2 Å². The van der Waals surface area contributed by atoms with E-state index in [0.717, 1.165) is 23.4 Å². The molecule has 1 aromatic heterocycles. The molecule has 24 heavy (non-hydrogen) atoms. The number of rotatable bonds is 6. The number of carbonyl (C=O) groups excluding carboxylic acids is 1. The van der Waals surface area contributed by atoms with Crippen LogP contribution in [0.4, 0.5) is 0 Å². The fourth-order valence-electron chi connectivity index (χ4n) is 2.83. The first-order valence-electron chi connectivity index (χ1n) is 8.18. The maximum atomic E-state index is 12.7. The zero-order chi connectivity index (χ0) is 16.9. The lowest BCUT2D eigenvalue weighted by Gasteiger charge is -2.21. The van der Waals surface area contributed by atoms with Gasteiger partial charge < -0.3 is 9.64 Å². The fraction of sp³-hybridized carbons (Fsp3) is 0.389. The zero-order valence-corrected chi connectivity index (χ0v) is 14.0. The summed E-state index contributed by atoms with van der Waals surface area (Å²) in [4.78, 5) is 22.7. The summed E-state index contributed by atoms with van der Waals surface area (Å²) in [6.45, 7) is 3.90. The number of aromatic nitrogens is 2. The smallest absolute Gasteiger partial charge is 0.244 e. The highest BCUT2D eigenvalue weighted by Gasteiger charge is 2.31. The molecule has 0 aliphatic carbocycles. The molecule has 1 unspecified atom stereocenters. The van der Waals surface area contributed by atoms with Crippen molar-refractivity contribution in [3.8, 4) is 5.75 Å². The summed E-state index contributed by atoms with van der Waals surface area (Å²) in [6, 6.07) is 7.67. The molecule has 0 saturated heterocycles. The summed E-state index contributed by atoms with van der Waals surface area (Å²) in [6.07, 6.45) is 4.05. The molecule has 1 amide bonds. The minimum absolute atomic E-state index is 0.0505. The highest BCUT2D eigenvalue weighted by atomic mass is 16.5. The van der Waals surface area contributed by atoms with Gasteiger partial charge in [0.15, 0.2) is 0 Å². The number of hydrogen-bond acceptors (Lipinski definition) is 5. The standard InChI is InChI=1S/C18H22N4O2/c1-3-24-14-6-4-13(5-7-14)8-9-22(2)18(23)17-15-10-19-12-21-16(15)11-20-17/h4-7,10,12,17,20H,3,8-9,11H2,1-2H3. The summed E-state index contributed by atoms with van der Waals surface area (Å²) < 4.78 is 5.44. The van der Waals surface area contributed by atoms with Gasteiger partial charge in [-0.15, -0.1) is 0 Å². The fourth-order valence-corrected chi connectivity index (χ4v) is 2.83. The second kappa shape index (κ2) is 7.40. The van der Waals surface area contributed by atoms with Gasteiger partial charge in [-0.05, 0) is 31.0 Å². The Balaban J connectivity index is 1.57. The van der Waals surface area contributed by atoms with E-state index in [1.807, 2.05) is 38.2 Å². The topological polar surface area (TPSA) is 67.3 Å².